The highest BCUT2D eigenvalue weighted by Crippen LogP contribution is 2.01. The van der Waals surface area contributed by atoms with Crippen molar-refractivity contribution in [1.82, 2.24) is 10.6 Å². The van der Waals surface area contributed by atoms with Gasteiger partial charge in [-0.15, -0.1) is 24.0 Å². The first kappa shape index (κ1) is 25.1. The Labute approximate surface area is 175 Å². The van der Waals surface area contributed by atoms with Gasteiger partial charge < -0.3 is 24.8 Å². The van der Waals surface area contributed by atoms with Crippen molar-refractivity contribution in [3.05, 3.63) is 35.9 Å². The van der Waals surface area contributed by atoms with Gasteiger partial charge in [0, 0.05) is 40.5 Å². The molecule has 0 bridgehead atoms. The summed E-state index contributed by atoms with van der Waals surface area (Å²) in [6.07, 6.45) is 3.03. The van der Waals surface area contributed by atoms with Crippen LogP contribution in [0.4, 0.5) is 0 Å². The molecule has 150 valence electrons. The Kier molecular flexibility index (Phi) is 18.2. The zero-order valence-corrected chi connectivity index (χ0v) is 18.4. The summed E-state index contributed by atoms with van der Waals surface area (Å²) in [5.74, 6) is 0.835. The molecule has 26 heavy (non-hydrogen) atoms. The van der Waals surface area contributed by atoms with Gasteiger partial charge in [-0.3, -0.25) is 4.99 Å². The SMILES string of the molecule is CN=C(NCCCCOCc1ccccc1)NCCCOCCOC.I. The highest BCUT2D eigenvalue weighted by molar-refractivity contribution is 14.0. The number of nitrogens with zero attached hydrogens (tertiary/aromatic N) is 1. The fourth-order valence-corrected chi connectivity index (χ4v) is 2.15. The standard InChI is InChI=1S/C19H33N3O3.HI/c1-20-19(22-12-8-14-24-16-15-23-2)21-11-6-7-13-25-17-18-9-4-3-5-10-18;/h3-5,9-10H,6-8,11-17H2,1-2H3,(H2,20,21,22);1H. The number of ether oxygens (including phenoxy) is 3. The van der Waals surface area contributed by atoms with Crippen LogP contribution in [0.3, 0.4) is 0 Å². The number of halogens is 1. The lowest BCUT2D eigenvalue weighted by atomic mass is 10.2. The van der Waals surface area contributed by atoms with E-state index in [0.717, 1.165) is 51.5 Å². The van der Waals surface area contributed by atoms with Gasteiger partial charge in [-0.05, 0) is 24.8 Å². The maximum atomic E-state index is 5.68. The van der Waals surface area contributed by atoms with Crippen LogP contribution in [0.15, 0.2) is 35.3 Å². The number of unbranched alkanes of at least 4 members (excludes halogenated alkanes) is 1. The summed E-state index contributed by atoms with van der Waals surface area (Å²) in [4.78, 5) is 4.21. The highest BCUT2D eigenvalue weighted by Gasteiger charge is 1.97. The fourth-order valence-electron chi connectivity index (χ4n) is 2.15. The summed E-state index contributed by atoms with van der Waals surface area (Å²) in [6, 6.07) is 10.3. The third kappa shape index (κ3) is 14.3. The molecule has 1 aromatic carbocycles. The molecule has 0 radical (unpaired) electrons. The van der Waals surface area contributed by atoms with Gasteiger partial charge in [0.2, 0.25) is 0 Å². The minimum Gasteiger partial charge on any atom is -0.382 e. The van der Waals surface area contributed by atoms with Crippen molar-refractivity contribution < 1.29 is 14.2 Å². The van der Waals surface area contributed by atoms with Crippen LogP contribution >= 0.6 is 24.0 Å². The van der Waals surface area contributed by atoms with Gasteiger partial charge in [0.25, 0.3) is 0 Å². The molecule has 0 spiro atoms. The van der Waals surface area contributed by atoms with E-state index in [1.807, 2.05) is 18.2 Å². The molecule has 0 atom stereocenters. The topological polar surface area (TPSA) is 64.1 Å². The second kappa shape index (κ2) is 18.9. The zero-order valence-electron chi connectivity index (χ0n) is 16.0. The number of guanidine groups is 1. The Bertz CT molecular complexity index is 447. The van der Waals surface area contributed by atoms with Crippen LogP contribution in [0.25, 0.3) is 0 Å². The fraction of sp³-hybridized carbons (Fsp3) is 0.632. The van der Waals surface area contributed by atoms with Crippen LogP contribution < -0.4 is 10.6 Å². The molecule has 6 nitrogen and oxygen atoms in total. The van der Waals surface area contributed by atoms with E-state index in [1.165, 1.54) is 5.56 Å². The van der Waals surface area contributed by atoms with Gasteiger partial charge in [0.05, 0.1) is 19.8 Å². The molecule has 0 saturated heterocycles. The summed E-state index contributed by atoms with van der Waals surface area (Å²) in [6.45, 7) is 5.21. The molecule has 1 aromatic rings. The van der Waals surface area contributed by atoms with E-state index in [2.05, 4.69) is 27.8 Å². The predicted molar refractivity (Wildman–Crippen MR) is 117 cm³/mol. The summed E-state index contributed by atoms with van der Waals surface area (Å²) in [5.41, 5.74) is 1.22. The zero-order chi connectivity index (χ0) is 18.0. The van der Waals surface area contributed by atoms with Crippen LogP contribution in [0, 0.1) is 0 Å². The van der Waals surface area contributed by atoms with Crippen molar-refractivity contribution in [1.29, 1.82) is 0 Å². The number of hydrogen-bond donors (Lipinski definition) is 2. The largest absolute Gasteiger partial charge is 0.382 e. The summed E-state index contributed by atoms with van der Waals surface area (Å²) < 4.78 is 16.0. The average molecular weight is 479 g/mol. The molecule has 0 unspecified atom stereocenters. The summed E-state index contributed by atoms with van der Waals surface area (Å²) in [7, 11) is 3.46. The third-order valence-electron chi connectivity index (χ3n) is 3.53. The monoisotopic (exact) mass is 479 g/mol. The quantitative estimate of drug-likeness (QED) is 0.186. The lowest BCUT2D eigenvalue weighted by Gasteiger charge is -2.12. The van der Waals surface area contributed by atoms with E-state index in [1.54, 1.807) is 14.2 Å². The Hall–Kier alpha value is -0.900. The van der Waals surface area contributed by atoms with Crippen LogP contribution in [-0.4, -0.2) is 59.6 Å². The van der Waals surface area contributed by atoms with Gasteiger partial charge in [-0.1, -0.05) is 30.3 Å². The van der Waals surface area contributed by atoms with Crippen LogP contribution in [0.2, 0.25) is 0 Å². The molecular formula is C19H34IN3O3. The Morgan fingerprint density at radius 3 is 2.27 bits per heavy atom. The molecule has 2 N–H and O–H groups in total. The van der Waals surface area contributed by atoms with Crippen LogP contribution in [0.5, 0.6) is 0 Å². The number of aliphatic imine (C=N–C) groups is 1. The van der Waals surface area contributed by atoms with E-state index in [-0.39, 0.29) is 24.0 Å². The first-order valence-electron chi connectivity index (χ1n) is 8.99. The van der Waals surface area contributed by atoms with Crippen LogP contribution in [0.1, 0.15) is 24.8 Å². The van der Waals surface area contributed by atoms with E-state index >= 15 is 0 Å². The van der Waals surface area contributed by atoms with Crippen molar-refractivity contribution in [2.75, 3.05) is 53.7 Å². The first-order chi connectivity index (χ1) is 12.4. The van der Waals surface area contributed by atoms with Crippen LogP contribution in [-0.2, 0) is 20.8 Å². The first-order valence-corrected chi connectivity index (χ1v) is 8.99. The molecule has 1 rings (SSSR count). The number of benzene rings is 1. The summed E-state index contributed by atoms with van der Waals surface area (Å²) >= 11 is 0. The number of rotatable bonds is 14. The minimum atomic E-state index is 0. The molecule has 0 aliphatic carbocycles. The van der Waals surface area contributed by atoms with Crippen molar-refractivity contribution in [3.63, 3.8) is 0 Å². The Balaban J connectivity index is 0.00000625. The second-order valence-corrected chi connectivity index (χ2v) is 5.63. The van der Waals surface area contributed by atoms with Gasteiger partial charge in [-0.25, -0.2) is 0 Å². The predicted octanol–water partition coefficient (Wildman–Crippen LogP) is 2.82. The molecule has 0 heterocycles. The van der Waals surface area contributed by atoms with Crippen molar-refractivity contribution in [2.24, 2.45) is 4.99 Å². The molecule has 0 saturated carbocycles. The number of nitrogens with one attached hydrogen (secondary N) is 2. The normalized spacial score (nSPS) is 11.1. The van der Waals surface area contributed by atoms with Crippen molar-refractivity contribution in [3.8, 4) is 0 Å². The van der Waals surface area contributed by atoms with Gasteiger partial charge in [-0.2, -0.15) is 0 Å². The number of methoxy groups -OCH3 is 1. The molecule has 0 aliphatic rings. The summed E-state index contributed by atoms with van der Waals surface area (Å²) in [5, 5.41) is 6.59. The molecule has 0 fully saturated rings. The smallest absolute Gasteiger partial charge is 0.190 e. The second-order valence-electron chi connectivity index (χ2n) is 5.63. The molecule has 0 aromatic heterocycles. The average Bonchev–Trinajstić information content (AvgIpc) is 2.65. The third-order valence-corrected chi connectivity index (χ3v) is 3.53. The minimum absolute atomic E-state index is 0. The highest BCUT2D eigenvalue weighted by atomic mass is 127. The van der Waals surface area contributed by atoms with E-state index < -0.39 is 0 Å². The van der Waals surface area contributed by atoms with Gasteiger partial charge in [0.1, 0.15) is 0 Å². The van der Waals surface area contributed by atoms with Crippen molar-refractivity contribution in [2.45, 2.75) is 25.9 Å². The molecule has 0 aliphatic heterocycles. The maximum absolute atomic E-state index is 5.68. The number of hydrogen-bond acceptors (Lipinski definition) is 4. The Morgan fingerprint density at radius 1 is 0.885 bits per heavy atom. The molecule has 0 amide bonds. The van der Waals surface area contributed by atoms with Crippen molar-refractivity contribution >= 4 is 29.9 Å². The van der Waals surface area contributed by atoms with E-state index in [9.17, 15) is 0 Å². The van der Waals surface area contributed by atoms with Gasteiger partial charge >= 0.3 is 0 Å². The Morgan fingerprint density at radius 2 is 1.58 bits per heavy atom. The lowest BCUT2D eigenvalue weighted by molar-refractivity contribution is 0.0698. The lowest BCUT2D eigenvalue weighted by Crippen LogP contribution is -2.38. The van der Waals surface area contributed by atoms with E-state index in [4.69, 9.17) is 14.2 Å². The van der Waals surface area contributed by atoms with E-state index in [0.29, 0.717) is 19.8 Å². The molecular weight excluding hydrogens is 445 g/mol. The maximum Gasteiger partial charge on any atom is 0.190 e. The van der Waals surface area contributed by atoms with Gasteiger partial charge in [0.15, 0.2) is 5.96 Å². The molecule has 7 heteroatoms.